The quantitative estimate of drug-likeness (QED) is 0.313. The summed E-state index contributed by atoms with van der Waals surface area (Å²) < 4.78 is 22.1. The van der Waals surface area contributed by atoms with Crippen LogP contribution in [0.3, 0.4) is 0 Å². The lowest BCUT2D eigenvalue weighted by atomic mass is 10.2. The predicted octanol–water partition coefficient (Wildman–Crippen LogP) is 5.17. The van der Waals surface area contributed by atoms with Gasteiger partial charge >= 0.3 is 0 Å². The highest BCUT2D eigenvalue weighted by Gasteiger charge is 2.18. The molecule has 0 aliphatic rings. The van der Waals surface area contributed by atoms with Crippen LogP contribution in [0.5, 0.6) is 5.75 Å². The number of aromatic nitrogens is 2. The molecule has 32 heavy (non-hydrogen) atoms. The maximum Gasteiger partial charge on any atom is 0.251 e. The van der Waals surface area contributed by atoms with Crippen molar-refractivity contribution in [1.82, 2.24) is 14.9 Å². The fraction of sp³-hybridized carbons (Fsp3) is 0.120. The number of ether oxygens (including phenoxy) is 1. The second-order valence-corrected chi connectivity index (χ2v) is 8.46. The van der Waals surface area contributed by atoms with E-state index in [1.54, 1.807) is 30.5 Å². The summed E-state index contributed by atoms with van der Waals surface area (Å²) in [5.74, 6) is 0.831. The van der Waals surface area contributed by atoms with Gasteiger partial charge in [0, 0.05) is 33.6 Å². The topological polar surface area (TPSA) is 56.1 Å². The highest BCUT2D eigenvalue weighted by atomic mass is 127. The van der Waals surface area contributed by atoms with Crippen molar-refractivity contribution >= 4 is 28.5 Å². The minimum absolute atomic E-state index is 0.185. The number of benzene rings is 3. The molecule has 1 atom stereocenters. The van der Waals surface area contributed by atoms with E-state index in [0.717, 1.165) is 15.0 Å². The molecule has 0 aliphatic heterocycles. The Balaban J connectivity index is 1.53. The van der Waals surface area contributed by atoms with Crippen molar-refractivity contribution in [3.63, 3.8) is 0 Å². The van der Waals surface area contributed by atoms with Crippen molar-refractivity contribution in [2.24, 2.45) is 0 Å². The van der Waals surface area contributed by atoms with E-state index in [0.29, 0.717) is 17.9 Å². The van der Waals surface area contributed by atoms with Gasteiger partial charge in [-0.1, -0.05) is 30.3 Å². The molecule has 1 heterocycles. The molecule has 4 rings (SSSR count). The predicted molar refractivity (Wildman–Crippen MR) is 130 cm³/mol. The SMILES string of the molecule is O=C(NC(COc1ccc(F)cc1)Cn1ccnc1-c1ccccc1)c1ccc(I)cc1. The Hall–Kier alpha value is -3.20. The number of imidazole rings is 1. The summed E-state index contributed by atoms with van der Waals surface area (Å²) in [6.07, 6.45) is 3.62. The number of hydrogen-bond donors (Lipinski definition) is 1. The van der Waals surface area contributed by atoms with Crippen LogP contribution < -0.4 is 10.1 Å². The average molecular weight is 541 g/mol. The van der Waals surface area contributed by atoms with Gasteiger partial charge in [0.2, 0.25) is 0 Å². The molecule has 1 aromatic heterocycles. The molecule has 3 aromatic carbocycles. The van der Waals surface area contributed by atoms with Gasteiger partial charge in [0.25, 0.3) is 5.91 Å². The summed E-state index contributed by atoms with van der Waals surface area (Å²) in [6, 6.07) is 22.7. The summed E-state index contributed by atoms with van der Waals surface area (Å²) in [5, 5.41) is 3.06. The van der Waals surface area contributed by atoms with E-state index >= 15 is 0 Å². The minimum atomic E-state index is -0.344. The molecule has 5 nitrogen and oxygen atoms in total. The fourth-order valence-electron chi connectivity index (χ4n) is 3.28. The number of nitrogens with one attached hydrogen (secondary N) is 1. The van der Waals surface area contributed by atoms with Crippen molar-refractivity contribution in [3.8, 4) is 17.1 Å². The average Bonchev–Trinajstić information content (AvgIpc) is 3.27. The monoisotopic (exact) mass is 541 g/mol. The van der Waals surface area contributed by atoms with Gasteiger partial charge in [-0.05, 0) is 71.1 Å². The molecule has 0 fully saturated rings. The zero-order valence-electron chi connectivity index (χ0n) is 17.1. The summed E-state index contributed by atoms with van der Waals surface area (Å²) in [6.45, 7) is 0.676. The van der Waals surface area contributed by atoms with Gasteiger partial charge in [-0.25, -0.2) is 9.37 Å². The highest BCUT2D eigenvalue weighted by Crippen LogP contribution is 2.18. The molecule has 0 radical (unpaired) electrons. The van der Waals surface area contributed by atoms with Crippen molar-refractivity contribution < 1.29 is 13.9 Å². The molecule has 4 aromatic rings. The summed E-state index contributed by atoms with van der Waals surface area (Å²) >= 11 is 2.20. The van der Waals surface area contributed by atoms with Crippen LogP contribution in [0.2, 0.25) is 0 Å². The van der Waals surface area contributed by atoms with Crippen molar-refractivity contribution in [2.45, 2.75) is 12.6 Å². The summed E-state index contributed by atoms with van der Waals surface area (Å²) in [5.41, 5.74) is 1.56. The lowest BCUT2D eigenvalue weighted by Crippen LogP contribution is -2.42. The Kier molecular flexibility index (Phi) is 7.16. The number of hydrogen-bond acceptors (Lipinski definition) is 3. The smallest absolute Gasteiger partial charge is 0.251 e. The summed E-state index contributed by atoms with van der Waals surface area (Å²) in [7, 11) is 0. The molecule has 0 saturated carbocycles. The third kappa shape index (κ3) is 5.73. The van der Waals surface area contributed by atoms with E-state index in [4.69, 9.17) is 4.74 Å². The first-order chi connectivity index (χ1) is 15.6. The molecule has 1 N–H and O–H groups in total. The summed E-state index contributed by atoms with van der Waals surface area (Å²) in [4.78, 5) is 17.3. The highest BCUT2D eigenvalue weighted by molar-refractivity contribution is 14.1. The van der Waals surface area contributed by atoms with Crippen molar-refractivity contribution in [2.75, 3.05) is 6.61 Å². The third-order valence-electron chi connectivity index (χ3n) is 4.87. The molecule has 1 amide bonds. The first-order valence-electron chi connectivity index (χ1n) is 10.1. The normalized spacial score (nSPS) is 11.7. The van der Waals surface area contributed by atoms with Gasteiger partial charge in [0.15, 0.2) is 0 Å². The number of rotatable bonds is 8. The number of carbonyl (C=O) groups is 1. The number of nitrogens with zero attached hydrogens (tertiary/aromatic N) is 2. The fourth-order valence-corrected chi connectivity index (χ4v) is 3.64. The zero-order valence-corrected chi connectivity index (χ0v) is 19.3. The molecular weight excluding hydrogens is 520 g/mol. The maximum absolute atomic E-state index is 13.2. The van der Waals surface area contributed by atoms with Gasteiger partial charge in [-0.3, -0.25) is 4.79 Å². The maximum atomic E-state index is 13.2. The molecule has 0 spiro atoms. The minimum Gasteiger partial charge on any atom is -0.491 e. The Labute approximate surface area is 199 Å². The second kappa shape index (κ2) is 10.4. The van der Waals surface area contributed by atoms with Crippen LogP contribution in [0.1, 0.15) is 10.4 Å². The molecular formula is C25H21FIN3O2. The molecule has 7 heteroatoms. The molecule has 0 aliphatic carbocycles. The third-order valence-corrected chi connectivity index (χ3v) is 5.59. The van der Waals surface area contributed by atoms with E-state index in [9.17, 15) is 9.18 Å². The molecule has 1 unspecified atom stereocenters. The molecule has 162 valence electrons. The first kappa shape index (κ1) is 22.0. The Bertz CT molecular complexity index is 1160. The van der Waals surface area contributed by atoms with Crippen LogP contribution >= 0.6 is 22.6 Å². The number of halogens is 2. The molecule has 0 bridgehead atoms. The van der Waals surface area contributed by atoms with Gasteiger partial charge in [0.1, 0.15) is 24.0 Å². The number of carbonyl (C=O) groups excluding carboxylic acids is 1. The van der Waals surface area contributed by atoms with Gasteiger partial charge in [-0.2, -0.15) is 0 Å². The largest absolute Gasteiger partial charge is 0.491 e. The van der Waals surface area contributed by atoms with E-state index in [2.05, 4.69) is 32.9 Å². The van der Waals surface area contributed by atoms with E-state index in [1.807, 2.05) is 53.2 Å². The van der Waals surface area contributed by atoms with Crippen LogP contribution in [0.4, 0.5) is 4.39 Å². The van der Waals surface area contributed by atoms with Crippen LogP contribution in [-0.2, 0) is 6.54 Å². The van der Waals surface area contributed by atoms with E-state index in [-0.39, 0.29) is 24.4 Å². The standard InChI is InChI=1S/C25H21FIN3O2/c26-20-8-12-23(13-9-20)32-17-22(29-25(31)19-6-10-21(27)11-7-19)16-30-15-14-28-24(30)18-4-2-1-3-5-18/h1-15,22H,16-17H2,(H,29,31). The van der Waals surface area contributed by atoms with Crippen molar-refractivity contribution in [3.05, 3.63) is 106 Å². The van der Waals surface area contributed by atoms with E-state index < -0.39 is 0 Å². The Morgan fingerprint density at radius 2 is 1.75 bits per heavy atom. The lowest BCUT2D eigenvalue weighted by Gasteiger charge is -2.21. The lowest BCUT2D eigenvalue weighted by molar-refractivity contribution is 0.0915. The van der Waals surface area contributed by atoms with Crippen LogP contribution in [0.15, 0.2) is 91.3 Å². The Morgan fingerprint density at radius 1 is 1.03 bits per heavy atom. The first-order valence-corrected chi connectivity index (χ1v) is 11.2. The van der Waals surface area contributed by atoms with Gasteiger partial charge in [0.05, 0.1) is 6.04 Å². The van der Waals surface area contributed by atoms with Gasteiger partial charge < -0.3 is 14.6 Å². The van der Waals surface area contributed by atoms with Crippen LogP contribution in [0, 0.1) is 9.39 Å². The Morgan fingerprint density at radius 3 is 2.47 bits per heavy atom. The second-order valence-electron chi connectivity index (χ2n) is 7.21. The zero-order chi connectivity index (χ0) is 22.3. The van der Waals surface area contributed by atoms with E-state index in [1.165, 1.54) is 12.1 Å². The molecule has 0 saturated heterocycles. The van der Waals surface area contributed by atoms with Crippen LogP contribution in [0.25, 0.3) is 11.4 Å². The van der Waals surface area contributed by atoms with Crippen LogP contribution in [-0.4, -0.2) is 28.1 Å². The van der Waals surface area contributed by atoms with Crippen molar-refractivity contribution in [1.29, 1.82) is 0 Å². The number of amides is 1. The van der Waals surface area contributed by atoms with Gasteiger partial charge in [-0.15, -0.1) is 0 Å².